The van der Waals surface area contributed by atoms with Gasteiger partial charge in [0.2, 0.25) is 5.91 Å². The van der Waals surface area contributed by atoms with Crippen molar-refractivity contribution in [2.45, 2.75) is 39.7 Å². The minimum absolute atomic E-state index is 0.114. The van der Waals surface area contributed by atoms with Gasteiger partial charge in [-0.15, -0.1) is 0 Å². The van der Waals surface area contributed by atoms with Crippen LogP contribution in [0.2, 0.25) is 0 Å². The molecule has 4 heteroatoms. The van der Waals surface area contributed by atoms with Crippen LogP contribution in [0, 0.1) is 12.8 Å². The van der Waals surface area contributed by atoms with Gasteiger partial charge in [-0.25, -0.2) is 0 Å². The van der Waals surface area contributed by atoms with E-state index in [-0.39, 0.29) is 11.8 Å². The standard InChI is InChI=1S/C16H25N3O/c1-11(2)15(17)16(20)18-14-7-6-13(10-12(14)3)19-8-4-5-9-19/h6-7,10-11,15H,4-5,8-9,17H2,1-3H3,(H,18,20). The maximum absolute atomic E-state index is 12.0. The van der Waals surface area contributed by atoms with Gasteiger partial charge in [0.15, 0.2) is 0 Å². The molecule has 0 bridgehead atoms. The zero-order chi connectivity index (χ0) is 14.7. The average molecular weight is 275 g/mol. The van der Waals surface area contributed by atoms with Crippen LogP contribution in [0.1, 0.15) is 32.3 Å². The molecule has 1 aromatic carbocycles. The van der Waals surface area contributed by atoms with E-state index in [1.165, 1.54) is 18.5 Å². The number of hydrogen-bond acceptors (Lipinski definition) is 3. The van der Waals surface area contributed by atoms with Crippen LogP contribution in [0.3, 0.4) is 0 Å². The molecule has 1 saturated heterocycles. The molecule has 4 nitrogen and oxygen atoms in total. The van der Waals surface area contributed by atoms with Gasteiger partial charge in [0.1, 0.15) is 0 Å². The molecule has 20 heavy (non-hydrogen) atoms. The SMILES string of the molecule is Cc1cc(N2CCCC2)ccc1NC(=O)C(N)C(C)C. The number of carbonyl (C=O) groups excluding carboxylic acids is 1. The summed E-state index contributed by atoms with van der Waals surface area (Å²) in [4.78, 5) is 14.4. The van der Waals surface area contributed by atoms with Crippen molar-refractivity contribution in [3.63, 3.8) is 0 Å². The van der Waals surface area contributed by atoms with Crippen molar-refractivity contribution in [3.8, 4) is 0 Å². The summed E-state index contributed by atoms with van der Waals surface area (Å²) < 4.78 is 0. The highest BCUT2D eigenvalue weighted by atomic mass is 16.2. The van der Waals surface area contributed by atoms with Gasteiger partial charge in [-0.3, -0.25) is 4.79 Å². The average Bonchev–Trinajstić information content (AvgIpc) is 2.93. The van der Waals surface area contributed by atoms with Gasteiger partial charge in [-0.1, -0.05) is 13.8 Å². The molecule has 0 aliphatic carbocycles. The fraction of sp³-hybridized carbons (Fsp3) is 0.562. The van der Waals surface area contributed by atoms with Crippen LogP contribution < -0.4 is 16.0 Å². The van der Waals surface area contributed by atoms with Crippen molar-refractivity contribution >= 4 is 17.3 Å². The smallest absolute Gasteiger partial charge is 0.241 e. The van der Waals surface area contributed by atoms with E-state index in [2.05, 4.69) is 22.3 Å². The monoisotopic (exact) mass is 275 g/mol. The highest BCUT2D eigenvalue weighted by molar-refractivity contribution is 5.95. The maximum Gasteiger partial charge on any atom is 0.241 e. The second kappa shape index (κ2) is 6.27. The van der Waals surface area contributed by atoms with E-state index in [9.17, 15) is 4.79 Å². The maximum atomic E-state index is 12.0. The molecule has 0 radical (unpaired) electrons. The van der Waals surface area contributed by atoms with Crippen LogP contribution in [-0.4, -0.2) is 25.0 Å². The van der Waals surface area contributed by atoms with Gasteiger partial charge >= 0.3 is 0 Å². The van der Waals surface area contributed by atoms with E-state index in [0.717, 1.165) is 24.3 Å². The largest absolute Gasteiger partial charge is 0.372 e. The quantitative estimate of drug-likeness (QED) is 0.887. The lowest BCUT2D eigenvalue weighted by Crippen LogP contribution is -2.39. The van der Waals surface area contributed by atoms with Crippen molar-refractivity contribution in [1.82, 2.24) is 0 Å². The normalized spacial score (nSPS) is 16.6. The minimum atomic E-state index is -0.465. The molecule has 1 atom stereocenters. The molecule has 0 saturated carbocycles. The number of carbonyl (C=O) groups is 1. The van der Waals surface area contributed by atoms with Gasteiger partial charge in [-0.05, 0) is 49.4 Å². The van der Waals surface area contributed by atoms with Crippen LogP contribution in [0.4, 0.5) is 11.4 Å². The predicted molar refractivity (Wildman–Crippen MR) is 84.1 cm³/mol. The van der Waals surface area contributed by atoms with Crippen molar-refractivity contribution < 1.29 is 4.79 Å². The first-order valence-corrected chi connectivity index (χ1v) is 7.41. The Morgan fingerprint density at radius 2 is 1.95 bits per heavy atom. The van der Waals surface area contributed by atoms with E-state index in [4.69, 9.17) is 5.73 Å². The first-order valence-electron chi connectivity index (χ1n) is 7.41. The predicted octanol–water partition coefficient (Wildman–Crippen LogP) is 2.52. The number of anilines is 2. The molecule has 1 aromatic rings. The third-order valence-electron chi connectivity index (χ3n) is 3.96. The lowest BCUT2D eigenvalue weighted by molar-refractivity contribution is -0.118. The summed E-state index contributed by atoms with van der Waals surface area (Å²) in [7, 11) is 0. The van der Waals surface area contributed by atoms with Crippen LogP contribution >= 0.6 is 0 Å². The van der Waals surface area contributed by atoms with Crippen LogP contribution in [-0.2, 0) is 4.79 Å². The van der Waals surface area contributed by atoms with Gasteiger partial charge in [-0.2, -0.15) is 0 Å². The Hall–Kier alpha value is -1.55. The number of nitrogens with two attached hydrogens (primary N) is 1. The molecular formula is C16H25N3O. The Balaban J connectivity index is 2.08. The summed E-state index contributed by atoms with van der Waals surface area (Å²) in [5.74, 6) is 0.0243. The zero-order valence-electron chi connectivity index (χ0n) is 12.6. The fourth-order valence-electron chi connectivity index (χ4n) is 2.48. The summed E-state index contributed by atoms with van der Waals surface area (Å²) >= 11 is 0. The Labute approximate surface area is 121 Å². The second-order valence-corrected chi connectivity index (χ2v) is 5.95. The number of hydrogen-bond donors (Lipinski definition) is 2. The van der Waals surface area contributed by atoms with Crippen molar-refractivity contribution in [1.29, 1.82) is 0 Å². The molecule has 1 heterocycles. The lowest BCUT2D eigenvalue weighted by Gasteiger charge is -2.20. The Morgan fingerprint density at radius 3 is 2.50 bits per heavy atom. The Kier molecular flexibility index (Phi) is 4.65. The van der Waals surface area contributed by atoms with E-state index in [0.29, 0.717) is 0 Å². The number of aryl methyl sites for hydroxylation is 1. The second-order valence-electron chi connectivity index (χ2n) is 5.95. The van der Waals surface area contributed by atoms with E-state index >= 15 is 0 Å². The summed E-state index contributed by atoms with van der Waals surface area (Å²) in [6.07, 6.45) is 2.53. The molecule has 1 fully saturated rings. The molecule has 110 valence electrons. The number of nitrogens with one attached hydrogen (secondary N) is 1. The van der Waals surface area contributed by atoms with Gasteiger partial charge in [0.05, 0.1) is 6.04 Å². The van der Waals surface area contributed by atoms with E-state index in [1.807, 2.05) is 26.8 Å². The molecule has 0 aromatic heterocycles. The first-order chi connectivity index (χ1) is 9.49. The number of amides is 1. The van der Waals surface area contributed by atoms with Gasteiger partial charge in [0.25, 0.3) is 0 Å². The van der Waals surface area contributed by atoms with Crippen molar-refractivity contribution in [2.24, 2.45) is 11.7 Å². The summed E-state index contributed by atoms with van der Waals surface area (Å²) in [5.41, 5.74) is 9.05. The molecule has 1 aliphatic heterocycles. The molecule has 2 rings (SSSR count). The summed E-state index contributed by atoms with van der Waals surface area (Å²) in [6, 6.07) is 5.73. The molecule has 0 spiro atoms. The molecule has 1 aliphatic rings. The molecule has 3 N–H and O–H groups in total. The number of nitrogens with zero attached hydrogens (tertiary/aromatic N) is 1. The fourth-order valence-corrected chi connectivity index (χ4v) is 2.48. The molecule has 1 unspecified atom stereocenters. The minimum Gasteiger partial charge on any atom is -0.372 e. The van der Waals surface area contributed by atoms with Crippen LogP contribution in [0.25, 0.3) is 0 Å². The van der Waals surface area contributed by atoms with Gasteiger partial charge < -0.3 is 16.0 Å². The number of benzene rings is 1. The topological polar surface area (TPSA) is 58.4 Å². The first kappa shape index (κ1) is 14.9. The number of rotatable bonds is 4. The third-order valence-corrected chi connectivity index (χ3v) is 3.96. The van der Waals surface area contributed by atoms with Crippen molar-refractivity contribution in [2.75, 3.05) is 23.3 Å². The summed E-state index contributed by atoms with van der Waals surface area (Å²) in [6.45, 7) is 8.18. The Morgan fingerprint density at radius 1 is 1.30 bits per heavy atom. The summed E-state index contributed by atoms with van der Waals surface area (Å²) in [5, 5.41) is 2.93. The van der Waals surface area contributed by atoms with Gasteiger partial charge in [0, 0.05) is 24.5 Å². The Bertz CT molecular complexity index is 479. The van der Waals surface area contributed by atoms with Crippen LogP contribution in [0.5, 0.6) is 0 Å². The van der Waals surface area contributed by atoms with E-state index in [1.54, 1.807) is 0 Å². The zero-order valence-corrected chi connectivity index (χ0v) is 12.6. The molecule has 1 amide bonds. The van der Waals surface area contributed by atoms with Crippen molar-refractivity contribution in [3.05, 3.63) is 23.8 Å². The van der Waals surface area contributed by atoms with Crippen LogP contribution in [0.15, 0.2) is 18.2 Å². The highest BCUT2D eigenvalue weighted by Gasteiger charge is 2.18. The lowest BCUT2D eigenvalue weighted by atomic mass is 10.0. The molecular weight excluding hydrogens is 250 g/mol. The highest BCUT2D eigenvalue weighted by Crippen LogP contribution is 2.25. The third kappa shape index (κ3) is 3.31. The van der Waals surface area contributed by atoms with E-state index < -0.39 is 6.04 Å².